The zero-order valence-corrected chi connectivity index (χ0v) is 20.7. The number of sulfonamides is 1. The highest BCUT2D eigenvalue weighted by Gasteiger charge is 2.31. The molecule has 10 nitrogen and oxygen atoms in total. The summed E-state index contributed by atoms with van der Waals surface area (Å²) in [6.07, 6.45) is 1.73. The molecule has 1 atom stereocenters. The number of pyridine rings is 2. The van der Waals surface area contributed by atoms with Crippen molar-refractivity contribution in [2.75, 3.05) is 16.2 Å². The van der Waals surface area contributed by atoms with Gasteiger partial charge in [0.1, 0.15) is 11.6 Å². The summed E-state index contributed by atoms with van der Waals surface area (Å²) < 4.78 is 29.0. The van der Waals surface area contributed by atoms with Gasteiger partial charge in [0.2, 0.25) is 0 Å². The largest absolute Gasteiger partial charge is 0.346 e. The third kappa shape index (κ3) is 4.56. The first-order chi connectivity index (χ1) is 16.8. The van der Waals surface area contributed by atoms with Gasteiger partial charge in [0, 0.05) is 12.1 Å². The van der Waals surface area contributed by atoms with Gasteiger partial charge in [-0.2, -0.15) is 13.6 Å². The van der Waals surface area contributed by atoms with Gasteiger partial charge in [-0.15, -0.1) is 10.2 Å². The molecule has 1 saturated heterocycles. The minimum atomic E-state index is -4.01. The summed E-state index contributed by atoms with van der Waals surface area (Å²) in [6, 6.07) is 13.8. The van der Waals surface area contributed by atoms with Crippen LogP contribution in [0.25, 0.3) is 11.3 Å². The SMILES string of the molecule is Cc1cccc(C)c1-c1nc(NS(=O)(=O)c2cccc(N3CCC[C@H]3c3nn[nH]n3)n2)ccc1Cl. The second-order valence-electron chi connectivity index (χ2n) is 8.35. The maximum atomic E-state index is 13.2. The van der Waals surface area contributed by atoms with Crippen LogP contribution in [-0.4, -0.2) is 45.6 Å². The second kappa shape index (κ2) is 9.23. The molecule has 4 aromatic rings. The molecular formula is C23H23ClN8O2S. The Morgan fingerprint density at radius 3 is 2.57 bits per heavy atom. The van der Waals surface area contributed by atoms with E-state index in [2.05, 4.69) is 35.3 Å². The summed E-state index contributed by atoms with van der Waals surface area (Å²) >= 11 is 6.44. The van der Waals surface area contributed by atoms with E-state index in [9.17, 15) is 8.42 Å². The van der Waals surface area contributed by atoms with E-state index < -0.39 is 10.0 Å². The van der Waals surface area contributed by atoms with Gasteiger partial charge in [-0.3, -0.25) is 4.72 Å². The fraction of sp³-hybridized carbons (Fsp3) is 0.261. The van der Waals surface area contributed by atoms with Crippen LogP contribution in [0.3, 0.4) is 0 Å². The summed E-state index contributed by atoms with van der Waals surface area (Å²) in [5.74, 6) is 1.24. The summed E-state index contributed by atoms with van der Waals surface area (Å²) in [7, 11) is -4.01. The van der Waals surface area contributed by atoms with Crippen LogP contribution in [0.4, 0.5) is 11.6 Å². The van der Waals surface area contributed by atoms with E-state index in [0.717, 1.165) is 29.5 Å². The standard InChI is InChI=1S/C23H23ClN8O2S/c1-14-6-3-7-15(2)21(14)22-16(24)11-12-18(25-22)29-35(33,34)20-10-4-9-19(26-20)32-13-5-8-17(32)23-27-30-31-28-23/h3-4,6-7,9-12,17H,5,8,13H2,1-2H3,(H,25,29)(H,27,28,30,31)/t17-/m0/s1. The molecule has 0 radical (unpaired) electrons. The minimum Gasteiger partial charge on any atom is -0.346 e. The van der Waals surface area contributed by atoms with Crippen molar-refractivity contribution in [3.8, 4) is 11.3 Å². The quantitative estimate of drug-likeness (QED) is 0.397. The third-order valence-corrected chi connectivity index (χ3v) is 7.55. The molecule has 0 unspecified atom stereocenters. The summed E-state index contributed by atoms with van der Waals surface area (Å²) in [6.45, 7) is 4.64. The molecule has 1 aliphatic rings. The molecule has 1 aliphatic heterocycles. The van der Waals surface area contributed by atoms with Crippen LogP contribution >= 0.6 is 11.6 Å². The Bertz CT molecular complexity index is 1460. The first-order valence-electron chi connectivity index (χ1n) is 11.1. The highest BCUT2D eigenvalue weighted by Crippen LogP contribution is 2.34. The molecule has 0 spiro atoms. The maximum absolute atomic E-state index is 13.2. The highest BCUT2D eigenvalue weighted by molar-refractivity contribution is 7.92. The Kier molecular flexibility index (Phi) is 6.12. The van der Waals surface area contributed by atoms with Crippen molar-refractivity contribution in [2.24, 2.45) is 0 Å². The number of tetrazole rings is 1. The number of aromatic amines is 1. The van der Waals surface area contributed by atoms with Crippen molar-refractivity contribution in [3.05, 3.63) is 70.5 Å². The monoisotopic (exact) mass is 510 g/mol. The predicted molar refractivity (Wildman–Crippen MR) is 133 cm³/mol. The molecule has 0 saturated carbocycles. The van der Waals surface area contributed by atoms with Gasteiger partial charge in [-0.1, -0.05) is 41.1 Å². The van der Waals surface area contributed by atoms with Crippen molar-refractivity contribution in [3.63, 3.8) is 0 Å². The van der Waals surface area contributed by atoms with Crippen molar-refractivity contribution in [1.29, 1.82) is 0 Å². The van der Waals surface area contributed by atoms with Crippen LogP contribution in [0.1, 0.15) is 35.8 Å². The number of aryl methyl sites for hydroxylation is 2. The number of halogens is 1. The zero-order valence-electron chi connectivity index (χ0n) is 19.1. The van der Waals surface area contributed by atoms with Gasteiger partial charge < -0.3 is 4.90 Å². The number of nitrogens with zero attached hydrogens (tertiary/aromatic N) is 6. The van der Waals surface area contributed by atoms with E-state index >= 15 is 0 Å². The van der Waals surface area contributed by atoms with E-state index in [1.54, 1.807) is 18.2 Å². The lowest BCUT2D eigenvalue weighted by Crippen LogP contribution is -2.25. The fourth-order valence-electron chi connectivity index (χ4n) is 4.39. The molecule has 1 aromatic carbocycles. The summed E-state index contributed by atoms with van der Waals surface area (Å²) in [5.41, 5.74) is 3.38. The topological polar surface area (TPSA) is 130 Å². The molecule has 4 heterocycles. The fourth-order valence-corrected chi connectivity index (χ4v) is 5.55. The molecular weight excluding hydrogens is 488 g/mol. The zero-order chi connectivity index (χ0) is 24.6. The average molecular weight is 511 g/mol. The summed E-state index contributed by atoms with van der Waals surface area (Å²) in [5, 5.41) is 14.6. The molecule has 0 aliphatic carbocycles. The van der Waals surface area contributed by atoms with Gasteiger partial charge in [0.15, 0.2) is 10.9 Å². The Hall–Kier alpha value is -3.57. The Balaban J connectivity index is 1.45. The lowest BCUT2D eigenvalue weighted by atomic mass is 9.99. The normalized spacial score (nSPS) is 16.0. The van der Waals surface area contributed by atoms with Crippen LogP contribution in [0, 0.1) is 13.8 Å². The van der Waals surface area contributed by atoms with Gasteiger partial charge in [-0.25, -0.2) is 9.97 Å². The van der Waals surface area contributed by atoms with E-state index in [-0.39, 0.29) is 16.9 Å². The van der Waals surface area contributed by atoms with E-state index in [4.69, 9.17) is 11.6 Å². The first kappa shape index (κ1) is 23.2. The number of H-pyrrole nitrogens is 1. The van der Waals surface area contributed by atoms with Gasteiger partial charge in [-0.05, 0) is 62.1 Å². The molecule has 35 heavy (non-hydrogen) atoms. The van der Waals surface area contributed by atoms with Crippen LogP contribution in [0.15, 0.2) is 53.6 Å². The number of hydrogen-bond acceptors (Lipinski definition) is 8. The van der Waals surface area contributed by atoms with Crippen molar-refractivity contribution in [2.45, 2.75) is 37.8 Å². The number of rotatable bonds is 6. The second-order valence-corrected chi connectivity index (χ2v) is 10.4. The van der Waals surface area contributed by atoms with Crippen molar-refractivity contribution in [1.82, 2.24) is 30.6 Å². The van der Waals surface area contributed by atoms with Crippen LogP contribution in [0.2, 0.25) is 5.02 Å². The van der Waals surface area contributed by atoms with E-state index in [0.29, 0.717) is 28.9 Å². The molecule has 2 N–H and O–H groups in total. The van der Waals surface area contributed by atoms with Gasteiger partial charge in [0.05, 0.1) is 16.8 Å². The summed E-state index contributed by atoms with van der Waals surface area (Å²) in [4.78, 5) is 11.0. The molecule has 3 aromatic heterocycles. The average Bonchev–Trinajstić information content (AvgIpc) is 3.53. The van der Waals surface area contributed by atoms with Gasteiger partial charge >= 0.3 is 0 Å². The Morgan fingerprint density at radius 2 is 1.83 bits per heavy atom. The van der Waals surface area contributed by atoms with Crippen LogP contribution < -0.4 is 9.62 Å². The van der Waals surface area contributed by atoms with E-state index in [1.165, 1.54) is 12.1 Å². The number of nitrogens with one attached hydrogen (secondary N) is 2. The number of hydrogen-bond donors (Lipinski definition) is 2. The maximum Gasteiger partial charge on any atom is 0.280 e. The van der Waals surface area contributed by atoms with Gasteiger partial charge in [0.25, 0.3) is 10.0 Å². The highest BCUT2D eigenvalue weighted by atomic mass is 35.5. The number of anilines is 2. The number of aromatic nitrogens is 6. The van der Waals surface area contributed by atoms with Crippen LogP contribution in [0.5, 0.6) is 0 Å². The molecule has 0 amide bonds. The lowest BCUT2D eigenvalue weighted by Gasteiger charge is -2.23. The molecule has 1 fully saturated rings. The van der Waals surface area contributed by atoms with E-state index in [1.807, 2.05) is 36.9 Å². The van der Waals surface area contributed by atoms with Crippen LogP contribution in [-0.2, 0) is 10.0 Å². The Labute approximate surface area is 207 Å². The molecule has 180 valence electrons. The minimum absolute atomic E-state index is 0.112. The Morgan fingerprint density at radius 1 is 1.06 bits per heavy atom. The smallest absolute Gasteiger partial charge is 0.280 e. The van der Waals surface area contributed by atoms with Crippen molar-refractivity contribution < 1.29 is 8.42 Å². The number of benzene rings is 1. The first-order valence-corrected chi connectivity index (χ1v) is 12.9. The molecule has 12 heteroatoms. The van der Waals surface area contributed by atoms with Crippen molar-refractivity contribution >= 4 is 33.3 Å². The lowest BCUT2D eigenvalue weighted by molar-refractivity contribution is 0.596. The predicted octanol–water partition coefficient (Wildman–Crippen LogP) is 4.07. The molecule has 5 rings (SSSR count). The third-order valence-electron chi connectivity index (χ3n) is 5.99. The molecule has 0 bridgehead atoms.